The molecule has 0 saturated carbocycles. The Kier molecular flexibility index (Phi) is 6.35. The summed E-state index contributed by atoms with van der Waals surface area (Å²) in [5.41, 5.74) is -2.01. The van der Waals surface area contributed by atoms with Gasteiger partial charge in [0.1, 0.15) is 61.0 Å². The first-order valence-electron chi connectivity index (χ1n) is 7.75. The molecule has 25 heavy (non-hydrogen) atoms. The quantitative estimate of drug-likeness (QED) is 0.239. The molecular weight excluding hydrogens is 342 g/mol. The summed E-state index contributed by atoms with van der Waals surface area (Å²) in [6.45, 7) is 0.673. The third kappa shape index (κ3) is 3.52. The van der Waals surface area contributed by atoms with Gasteiger partial charge in [-0.2, -0.15) is 0 Å². The van der Waals surface area contributed by atoms with Crippen LogP contribution in [0.4, 0.5) is 0 Å². The zero-order valence-corrected chi connectivity index (χ0v) is 13.5. The molecule has 2 saturated heterocycles. The number of carbonyl (C=O) groups excluding carboxylic acids is 1. The fraction of sp³-hybridized carbons (Fsp3) is 0.857. The van der Waals surface area contributed by atoms with Crippen molar-refractivity contribution in [2.24, 2.45) is 0 Å². The number of rotatable bonds is 4. The molecule has 0 bridgehead atoms. The van der Waals surface area contributed by atoms with Gasteiger partial charge in [0, 0.05) is 6.92 Å². The minimum absolute atomic E-state index is 0.625. The maximum absolute atomic E-state index is 11.6. The minimum Gasteiger partial charge on any atom is -0.394 e. The summed E-state index contributed by atoms with van der Waals surface area (Å²) in [6.07, 6.45) is -12.7. The van der Waals surface area contributed by atoms with Crippen LogP contribution in [0.2, 0.25) is 0 Å². The molecule has 0 aromatic heterocycles. The topological polar surface area (TPSA) is 189 Å². The SMILES string of the molecule is CC(=O)N[C@@]1(C2O[C@H](CO)[C@H](O)[C@H](O)[C@H]2O)[CH]O[C@H](CO)[C@H](O)[C@@H]1O. The molecular formula is C14H24NO10. The van der Waals surface area contributed by atoms with Gasteiger partial charge in [-0.05, 0) is 0 Å². The second-order valence-electron chi connectivity index (χ2n) is 6.27. The minimum atomic E-state index is -2.01. The zero-order chi connectivity index (χ0) is 18.9. The molecule has 0 aromatic carbocycles. The van der Waals surface area contributed by atoms with Crippen molar-refractivity contribution in [1.82, 2.24) is 5.32 Å². The summed E-state index contributed by atoms with van der Waals surface area (Å²) < 4.78 is 10.6. The molecule has 8 N–H and O–H groups in total. The number of carbonyl (C=O) groups is 1. The average molecular weight is 366 g/mol. The summed E-state index contributed by atoms with van der Waals surface area (Å²) in [5, 5.41) is 71.6. The summed E-state index contributed by atoms with van der Waals surface area (Å²) in [5.74, 6) is -0.675. The number of aliphatic hydroxyl groups is 7. The fourth-order valence-electron chi connectivity index (χ4n) is 3.20. The highest BCUT2D eigenvalue weighted by atomic mass is 16.6. The fourth-order valence-corrected chi connectivity index (χ4v) is 3.20. The Hall–Kier alpha value is -0.890. The Morgan fingerprint density at radius 3 is 2.12 bits per heavy atom. The van der Waals surface area contributed by atoms with Gasteiger partial charge in [-0.25, -0.2) is 0 Å². The first-order chi connectivity index (χ1) is 11.7. The number of amides is 1. The van der Waals surface area contributed by atoms with Gasteiger partial charge >= 0.3 is 0 Å². The standard InChI is InChI=1S/C14H24NO10/c1-5(18)15-14(4-24-6(2-16)9(20)12(14)23)13-11(22)10(21)8(19)7(3-17)25-13/h4,6-13,16-17,19-23H,2-3H2,1H3,(H,15,18)/t6-,7-,8+,9+,10+,11-,12+,13?,14+/m1/s1. The van der Waals surface area contributed by atoms with Crippen LogP contribution in [0.1, 0.15) is 6.92 Å². The molecule has 9 atom stereocenters. The van der Waals surface area contributed by atoms with Crippen LogP contribution in [0.15, 0.2) is 0 Å². The first kappa shape index (κ1) is 20.4. The molecule has 2 aliphatic heterocycles. The highest BCUT2D eigenvalue weighted by Crippen LogP contribution is 2.37. The van der Waals surface area contributed by atoms with Crippen LogP contribution in [0.3, 0.4) is 0 Å². The lowest BCUT2D eigenvalue weighted by Gasteiger charge is -2.53. The molecule has 2 aliphatic rings. The van der Waals surface area contributed by atoms with Gasteiger partial charge in [0.2, 0.25) is 5.91 Å². The lowest BCUT2D eigenvalue weighted by Crippen LogP contribution is -2.77. The largest absolute Gasteiger partial charge is 0.394 e. The van der Waals surface area contributed by atoms with Gasteiger partial charge in [0.05, 0.1) is 13.2 Å². The Bertz CT molecular complexity index is 477. The second-order valence-corrected chi connectivity index (χ2v) is 6.27. The molecule has 1 radical (unpaired) electrons. The summed E-state index contributed by atoms with van der Waals surface area (Å²) in [6, 6.07) is 0. The second kappa shape index (κ2) is 7.78. The van der Waals surface area contributed by atoms with Crippen LogP contribution in [-0.4, -0.2) is 109 Å². The van der Waals surface area contributed by atoms with E-state index >= 15 is 0 Å². The van der Waals surface area contributed by atoms with Crippen molar-refractivity contribution in [1.29, 1.82) is 0 Å². The van der Waals surface area contributed by atoms with Crippen molar-refractivity contribution in [3.8, 4) is 0 Å². The van der Waals surface area contributed by atoms with Crippen LogP contribution in [-0.2, 0) is 14.3 Å². The lowest BCUT2D eigenvalue weighted by molar-refractivity contribution is -0.273. The van der Waals surface area contributed by atoms with E-state index < -0.39 is 73.5 Å². The number of aliphatic hydroxyl groups excluding tert-OH is 7. The van der Waals surface area contributed by atoms with Crippen LogP contribution >= 0.6 is 0 Å². The lowest BCUT2D eigenvalue weighted by atomic mass is 9.75. The van der Waals surface area contributed by atoms with Crippen molar-refractivity contribution in [3.05, 3.63) is 6.61 Å². The van der Waals surface area contributed by atoms with Gasteiger partial charge in [0.15, 0.2) is 0 Å². The summed E-state index contributed by atoms with van der Waals surface area (Å²) in [4.78, 5) is 11.6. The van der Waals surface area contributed by atoms with E-state index in [0.717, 1.165) is 13.5 Å². The smallest absolute Gasteiger partial charge is 0.217 e. The zero-order valence-electron chi connectivity index (χ0n) is 13.5. The van der Waals surface area contributed by atoms with Crippen molar-refractivity contribution < 1.29 is 50.0 Å². The van der Waals surface area contributed by atoms with Crippen LogP contribution in [0.25, 0.3) is 0 Å². The number of hydrogen-bond donors (Lipinski definition) is 8. The van der Waals surface area contributed by atoms with E-state index in [1.807, 2.05) is 0 Å². The predicted octanol–water partition coefficient (Wildman–Crippen LogP) is -5.02. The third-order valence-corrected chi connectivity index (χ3v) is 4.57. The highest BCUT2D eigenvalue weighted by Gasteiger charge is 2.61. The molecule has 0 aliphatic carbocycles. The van der Waals surface area contributed by atoms with Gasteiger partial charge in [-0.15, -0.1) is 0 Å². The first-order valence-corrected chi connectivity index (χ1v) is 7.75. The van der Waals surface area contributed by atoms with Gasteiger partial charge in [0.25, 0.3) is 0 Å². The van der Waals surface area contributed by atoms with Crippen LogP contribution in [0, 0.1) is 6.61 Å². The molecule has 1 unspecified atom stereocenters. The van der Waals surface area contributed by atoms with E-state index in [1.165, 1.54) is 0 Å². The van der Waals surface area contributed by atoms with Gasteiger partial charge in [-0.3, -0.25) is 4.79 Å². The molecule has 11 nitrogen and oxygen atoms in total. The van der Waals surface area contributed by atoms with E-state index in [4.69, 9.17) is 14.6 Å². The van der Waals surface area contributed by atoms with E-state index in [0.29, 0.717) is 0 Å². The highest BCUT2D eigenvalue weighted by molar-refractivity contribution is 5.74. The number of nitrogens with one attached hydrogen (secondary N) is 1. The average Bonchev–Trinajstić information content (AvgIpc) is 2.57. The van der Waals surface area contributed by atoms with E-state index in [1.54, 1.807) is 0 Å². The van der Waals surface area contributed by atoms with Crippen molar-refractivity contribution >= 4 is 5.91 Å². The number of ether oxygens (including phenoxy) is 2. The Labute approximate surface area is 143 Å². The van der Waals surface area contributed by atoms with Crippen LogP contribution in [0.5, 0.6) is 0 Å². The summed E-state index contributed by atoms with van der Waals surface area (Å²) >= 11 is 0. The predicted molar refractivity (Wildman–Crippen MR) is 78.6 cm³/mol. The monoisotopic (exact) mass is 366 g/mol. The third-order valence-electron chi connectivity index (χ3n) is 4.57. The normalized spacial score (nSPS) is 48.2. The maximum atomic E-state index is 11.6. The van der Waals surface area contributed by atoms with E-state index in [2.05, 4.69) is 5.32 Å². The molecule has 2 fully saturated rings. The Balaban J connectivity index is 2.41. The molecule has 0 spiro atoms. The number of hydrogen-bond acceptors (Lipinski definition) is 10. The molecule has 0 aromatic rings. The summed E-state index contributed by atoms with van der Waals surface area (Å²) in [7, 11) is 0. The van der Waals surface area contributed by atoms with E-state index in [9.17, 15) is 35.4 Å². The molecule has 11 heteroatoms. The van der Waals surface area contributed by atoms with Gasteiger partial charge in [-0.1, -0.05) is 0 Å². The molecule has 145 valence electrons. The molecule has 1 amide bonds. The van der Waals surface area contributed by atoms with Crippen molar-refractivity contribution in [2.75, 3.05) is 13.2 Å². The Morgan fingerprint density at radius 2 is 1.60 bits per heavy atom. The molecule has 2 heterocycles. The molecule has 2 rings (SSSR count). The van der Waals surface area contributed by atoms with Gasteiger partial charge < -0.3 is 50.5 Å². The van der Waals surface area contributed by atoms with Crippen molar-refractivity contribution in [2.45, 2.75) is 61.3 Å². The van der Waals surface area contributed by atoms with Crippen molar-refractivity contribution in [3.63, 3.8) is 0 Å². The Morgan fingerprint density at radius 1 is 1.00 bits per heavy atom. The van der Waals surface area contributed by atoms with Crippen LogP contribution < -0.4 is 5.32 Å². The van der Waals surface area contributed by atoms with E-state index in [-0.39, 0.29) is 0 Å². The maximum Gasteiger partial charge on any atom is 0.217 e.